The van der Waals surface area contributed by atoms with E-state index in [0.717, 1.165) is 30.5 Å². The van der Waals surface area contributed by atoms with Crippen LogP contribution in [0.5, 0.6) is 0 Å². The van der Waals surface area contributed by atoms with Gasteiger partial charge in [0.15, 0.2) is 0 Å². The second kappa shape index (κ2) is 7.26. The molecular formula is C20H24F3N3O. The second-order valence-corrected chi connectivity index (χ2v) is 7.80. The number of halogens is 3. The van der Waals surface area contributed by atoms with E-state index in [4.69, 9.17) is 0 Å². The van der Waals surface area contributed by atoms with Crippen LogP contribution in [-0.4, -0.2) is 33.7 Å². The highest BCUT2D eigenvalue weighted by Gasteiger charge is 2.36. The molecule has 1 unspecified atom stereocenters. The first kappa shape index (κ1) is 18.5. The fourth-order valence-corrected chi connectivity index (χ4v) is 4.63. The van der Waals surface area contributed by atoms with E-state index in [1.54, 1.807) is 24.3 Å². The van der Waals surface area contributed by atoms with E-state index in [-0.39, 0.29) is 17.3 Å². The molecule has 0 N–H and O–H groups in total. The lowest BCUT2D eigenvalue weighted by atomic mass is 10.1. The summed E-state index contributed by atoms with van der Waals surface area (Å²) in [6.07, 6.45) is 2.04. The molecule has 0 spiro atoms. The molecule has 1 aromatic carbocycles. The molecule has 1 aliphatic carbocycles. The molecule has 146 valence electrons. The maximum Gasteiger partial charge on any atom is 0.406 e. The third-order valence-corrected chi connectivity index (χ3v) is 5.86. The highest BCUT2D eigenvalue weighted by molar-refractivity contribution is 5.77. The van der Waals surface area contributed by atoms with Crippen LogP contribution in [0.25, 0.3) is 10.9 Å². The molecule has 2 aliphatic rings. The SMILES string of the molecule is O=c1c2ccccc2nc(C2CCCN2CC2CCCC2)n1CC(F)(F)F. The van der Waals surface area contributed by atoms with Crippen LogP contribution in [0.3, 0.4) is 0 Å². The molecule has 27 heavy (non-hydrogen) atoms. The van der Waals surface area contributed by atoms with Crippen molar-refractivity contribution < 1.29 is 13.2 Å². The van der Waals surface area contributed by atoms with Crippen LogP contribution in [0, 0.1) is 5.92 Å². The van der Waals surface area contributed by atoms with Gasteiger partial charge in [0.25, 0.3) is 5.56 Å². The van der Waals surface area contributed by atoms with Crippen molar-refractivity contribution in [3.05, 3.63) is 40.4 Å². The molecule has 0 amide bonds. The first-order valence-corrected chi connectivity index (χ1v) is 9.72. The van der Waals surface area contributed by atoms with Crippen molar-refractivity contribution in [2.45, 2.75) is 57.3 Å². The number of likely N-dealkylation sites (tertiary alicyclic amines) is 1. The number of aromatic nitrogens is 2. The minimum Gasteiger partial charge on any atom is -0.293 e. The summed E-state index contributed by atoms with van der Waals surface area (Å²) >= 11 is 0. The lowest BCUT2D eigenvalue weighted by Crippen LogP contribution is -2.37. The number of benzene rings is 1. The predicted octanol–water partition coefficient (Wildman–Crippen LogP) is 4.29. The van der Waals surface area contributed by atoms with Gasteiger partial charge in [-0.25, -0.2) is 4.98 Å². The average Bonchev–Trinajstić information content (AvgIpc) is 3.29. The topological polar surface area (TPSA) is 38.1 Å². The average molecular weight is 379 g/mol. The van der Waals surface area contributed by atoms with E-state index in [1.165, 1.54) is 25.7 Å². The highest BCUT2D eigenvalue weighted by Crippen LogP contribution is 2.35. The molecule has 1 atom stereocenters. The van der Waals surface area contributed by atoms with Gasteiger partial charge >= 0.3 is 6.18 Å². The zero-order valence-corrected chi connectivity index (χ0v) is 15.2. The summed E-state index contributed by atoms with van der Waals surface area (Å²) in [5, 5.41) is 0.242. The first-order chi connectivity index (χ1) is 12.9. The van der Waals surface area contributed by atoms with Gasteiger partial charge in [-0.1, -0.05) is 25.0 Å². The molecule has 0 bridgehead atoms. The Morgan fingerprint density at radius 2 is 1.81 bits per heavy atom. The molecule has 1 saturated carbocycles. The molecule has 4 nitrogen and oxygen atoms in total. The molecule has 1 aromatic heterocycles. The number of alkyl halides is 3. The van der Waals surface area contributed by atoms with E-state index in [9.17, 15) is 18.0 Å². The highest BCUT2D eigenvalue weighted by atomic mass is 19.4. The molecule has 1 saturated heterocycles. The summed E-state index contributed by atoms with van der Waals surface area (Å²) in [6.45, 7) is 0.460. The molecule has 4 rings (SSSR count). The maximum atomic E-state index is 13.2. The Labute approximate surface area is 156 Å². The first-order valence-electron chi connectivity index (χ1n) is 9.72. The van der Waals surface area contributed by atoms with Crippen molar-refractivity contribution in [2.24, 2.45) is 5.92 Å². The third kappa shape index (κ3) is 3.88. The number of rotatable bonds is 4. The fraction of sp³-hybridized carbons (Fsp3) is 0.600. The van der Waals surface area contributed by atoms with Gasteiger partial charge in [-0.3, -0.25) is 14.3 Å². The van der Waals surface area contributed by atoms with Crippen LogP contribution in [-0.2, 0) is 6.54 Å². The Balaban J connectivity index is 1.76. The Morgan fingerprint density at radius 3 is 2.56 bits per heavy atom. The Bertz CT molecular complexity index is 871. The lowest BCUT2D eigenvalue weighted by molar-refractivity contribution is -0.142. The van der Waals surface area contributed by atoms with E-state index in [2.05, 4.69) is 9.88 Å². The van der Waals surface area contributed by atoms with Crippen molar-refractivity contribution in [1.29, 1.82) is 0 Å². The number of para-hydroxylation sites is 1. The van der Waals surface area contributed by atoms with Gasteiger partial charge < -0.3 is 0 Å². The van der Waals surface area contributed by atoms with Crippen molar-refractivity contribution >= 4 is 10.9 Å². The summed E-state index contributed by atoms with van der Waals surface area (Å²) in [5.41, 5.74) is -0.121. The number of nitrogens with zero attached hydrogens (tertiary/aromatic N) is 3. The zero-order valence-electron chi connectivity index (χ0n) is 15.2. The summed E-state index contributed by atoms with van der Waals surface area (Å²) in [4.78, 5) is 19.6. The molecular weight excluding hydrogens is 355 g/mol. The fourth-order valence-electron chi connectivity index (χ4n) is 4.63. The second-order valence-electron chi connectivity index (χ2n) is 7.80. The van der Waals surface area contributed by atoms with E-state index < -0.39 is 18.3 Å². The van der Waals surface area contributed by atoms with Crippen LogP contribution in [0.4, 0.5) is 13.2 Å². The normalized spacial score (nSPS) is 22.1. The minimum absolute atomic E-state index is 0.217. The number of hydrogen-bond acceptors (Lipinski definition) is 3. The van der Waals surface area contributed by atoms with E-state index in [1.807, 2.05) is 0 Å². The van der Waals surface area contributed by atoms with Gasteiger partial charge in [0.2, 0.25) is 0 Å². The smallest absolute Gasteiger partial charge is 0.293 e. The van der Waals surface area contributed by atoms with Gasteiger partial charge in [0.1, 0.15) is 12.4 Å². The monoisotopic (exact) mass is 379 g/mol. The van der Waals surface area contributed by atoms with Gasteiger partial charge in [-0.2, -0.15) is 13.2 Å². The molecule has 2 fully saturated rings. The summed E-state index contributed by atoms with van der Waals surface area (Å²) in [7, 11) is 0. The quantitative estimate of drug-likeness (QED) is 0.796. The van der Waals surface area contributed by atoms with E-state index in [0.29, 0.717) is 11.4 Å². The molecule has 2 heterocycles. The molecule has 7 heteroatoms. The standard InChI is InChI=1S/C20H24F3N3O/c21-20(22,23)13-26-18(24-16-9-4-3-8-15(16)19(26)27)17-10-5-11-25(17)12-14-6-1-2-7-14/h3-4,8-9,14,17H,1-2,5-7,10-13H2. The van der Waals surface area contributed by atoms with Crippen molar-refractivity contribution in [3.8, 4) is 0 Å². The van der Waals surface area contributed by atoms with Gasteiger partial charge in [-0.15, -0.1) is 0 Å². The molecule has 2 aromatic rings. The van der Waals surface area contributed by atoms with Crippen LogP contribution >= 0.6 is 0 Å². The Kier molecular flexibility index (Phi) is 4.97. The Morgan fingerprint density at radius 1 is 1.07 bits per heavy atom. The summed E-state index contributed by atoms with van der Waals surface area (Å²) < 4.78 is 40.5. The largest absolute Gasteiger partial charge is 0.406 e. The number of hydrogen-bond donors (Lipinski definition) is 0. The van der Waals surface area contributed by atoms with Gasteiger partial charge in [-0.05, 0) is 50.3 Å². The number of fused-ring (bicyclic) bond motifs is 1. The summed E-state index contributed by atoms with van der Waals surface area (Å²) in [6, 6.07) is 6.45. The van der Waals surface area contributed by atoms with Crippen molar-refractivity contribution in [3.63, 3.8) is 0 Å². The lowest BCUT2D eigenvalue weighted by Gasteiger charge is -2.29. The van der Waals surface area contributed by atoms with Crippen LogP contribution in [0.1, 0.15) is 50.4 Å². The van der Waals surface area contributed by atoms with Crippen LogP contribution < -0.4 is 5.56 Å². The van der Waals surface area contributed by atoms with E-state index >= 15 is 0 Å². The van der Waals surface area contributed by atoms with Crippen molar-refractivity contribution in [1.82, 2.24) is 14.5 Å². The van der Waals surface area contributed by atoms with Gasteiger partial charge in [0.05, 0.1) is 16.9 Å². The molecule has 0 radical (unpaired) electrons. The Hall–Kier alpha value is -1.89. The maximum absolute atomic E-state index is 13.2. The van der Waals surface area contributed by atoms with Crippen LogP contribution in [0.2, 0.25) is 0 Å². The van der Waals surface area contributed by atoms with Crippen molar-refractivity contribution in [2.75, 3.05) is 13.1 Å². The zero-order chi connectivity index (χ0) is 19.0. The predicted molar refractivity (Wildman–Crippen MR) is 97.6 cm³/mol. The van der Waals surface area contributed by atoms with Crippen LogP contribution in [0.15, 0.2) is 29.1 Å². The minimum atomic E-state index is -4.46. The third-order valence-electron chi connectivity index (χ3n) is 5.86. The summed E-state index contributed by atoms with van der Waals surface area (Å²) in [5.74, 6) is 0.875. The van der Waals surface area contributed by atoms with Gasteiger partial charge in [0, 0.05) is 6.54 Å². The molecule has 1 aliphatic heterocycles.